The molecule has 1 aliphatic carbocycles. The summed E-state index contributed by atoms with van der Waals surface area (Å²) in [6.45, 7) is 0. The van der Waals surface area contributed by atoms with Gasteiger partial charge in [0.2, 0.25) is 0 Å². The molecule has 3 heterocycles. The van der Waals surface area contributed by atoms with E-state index in [2.05, 4.69) is 108 Å². The molecule has 0 saturated heterocycles. The third kappa shape index (κ3) is 4.93. The van der Waals surface area contributed by atoms with Crippen molar-refractivity contribution in [3.63, 3.8) is 0 Å². The van der Waals surface area contributed by atoms with Gasteiger partial charge in [0.15, 0.2) is 5.82 Å². The van der Waals surface area contributed by atoms with Gasteiger partial charge in [0.25, 0.3) is 0 Å². The summed E-state index contributed by atoms with van der Waals surface area (Å²) in [6.07, 6.45) is 5.33. The minimum atomic E-state index is -0.0854. The zero-order valence-electron chi connectivity index (χ0n) is 28.1. The molecule has 0 aliphatic heterocycles. The topological polar surface area (TPSA) is 67.6 Å². The summed E-state index contributed by atoms with van der Waals surface area (Å²) in [5, 5.41) is 14.5. The first-order valence-electron chi connectivity index (χ1n) is 17.5. The second kappa shape index (κ2) is 12.1. The average Bonchev–Trinajstić information content (AvgIpc) is 3.77. The molecule has 0 N–H and O–H groups in total. The Bertz CT molecular complexity index is 2890. The van der Waals surface area contributed by atoms with E-state index in [1.807, 2.05) is 66.7 Å². The van der Waals surface area contributed by atoms with E-state index < -0.39 is 0 Å². The third-order valence-electron chi connectivity index (χ3n) is 10.2. The van der Waals surface area contributed by atoms with E-state index in [4.69, 9.17) is 14.4 Å². The molecule has 0 amide bonds. The number of furan rings is 1. The van der Waals surface area contributed by atoms with Crippen LogP contribution in [0, 0.1) is 11.3 Å². The minimum absolute atomic E-state index is 0.0854. The van der Waals surface area contributed by atoms with Crippen LogP contribution in [0.4, 0.5) is 0 Å². The van der Waals surface area contributed by atoms with Gasteiger partial charge < -0.3 is 8.98 Å². The maximum absolute atomic E-state index is 9.86. The van der Waals surface area contributed by atoms with E-state index in [0.29, 0.717) is 11.4 Å². The molecule has 0 radical (unpaired) electrons. The minimum Gasteiger partial charge on any atom is -0.456 e. The average molecular weight is 667 g/mol. The van der Waals surface area contributed by atoms with Crippen molar-refractivity contribution < 1.29 is 4.42 Å². The molecule has 0 fully saturated rings. The number of hydrogen-bond acceptors (Lipinski definition) is 4. The fourth-order valence-electron chi connectivity index (χ4n) is 7.81. The van der Waals surface area contributed by atoms with Crippen LogP contribution in [0.5, 0.6) is 0 Å². The second-order valence-electron chi connectivity index (χ2n) is 13.3. The lowest BCUT2D eigenvalue weighted by Crippen LogP contribution is -2.12. The van der Waals surface area contributed by atoms with Gasteiger partial charge in [-0.1, -0.05) is 115 Å². The molecular weight excluding hydrogens is 637 g/mol. The SMILES string of the molecule is N#Cc1cccc(C2=CC(c3cc(-c4ccccc4)nc(-c4ccccc4)n3)=CC(n3c4ccccc4c4ccc5oc6ccccc6c5c43)C2)c1. The van der Waals surface area contributed by atoms with E-state index in [1.165, 1.54) is 10.8 Å². The Balaban J connectivity index is 1.26. The predicted molar refractivity (Wildman–Crippen MR) is 210 cm³/mol. The summed E-state index contributed by atoms with van der Waals surface area (Å²) >= 11 is 0. The maximum atomic E-state index is 9.86. The zero-order chi connectivity index (χ0) is 34.6. The normalized spacial score (nSPS) is 14.5. The Morgan fingerprint density at radius 1 is 0.615 bits per heavy atom. The highest BCUT2D eigenvalue weighted by atomic mass is 16.3. The number of aromatic nitrogens is 3. The summed E-state index contributed by atoms with van der Waals surface area (Å²) in [4.78, 5) is 10.3. The van der Waals surface area contributed by atoms with Crippen molar-refractivity contribution in [1.29, 1.82) is 5.26 Å². The molecule has 0 saturated carbocycles. The lowest BCUT2D eigenvalue weighted by Gasteiger charge is -2.26. The van der Waals surface area contributed by atoms with Crippen molar-refractivity contribution in [3.8, 4) is 28.7 Å². The lowest BCUT2D eigenvalue weighted by molar-refractivity contribution is 0.657. The van der Waals surface area contributed by atoms with E-state index in [9.17, 15) is 5.26 Å². The predicted octanol–water partition coefficient (Wildman–Crippen LogP) is 11.8. The van der Waals surface area contributed by atoms with Crippen molar-refractivity contribution in [1.82, 2.24) is 14.5 Å². The highest BCUT2D eigenvalue weighted by Gasteiger charge is 2.26. The zero-order valence-corrected chi connectivity index (χ0v) is 28.1. The van der Waals surface area contributed by atoms with Crippen molar-refractivity contribution >= 4 is 54.9 Å². The Morgan fingerprint density at radius 3 is 2.15 bits per heavy atom. The highest BCUT2D eigenvalue weighted by molar-refractivity contribution is 6.24. The molecule has 1 unspecified atom stereocenters. The second-order valence-corrected chi connectivity index (χ2v) is 13.3. The summed E-state index contributed by atoms with van der Waals surface area (Å²) in [6, 6.07) is 54.0. The van der Waals surface area contributed by atoms with Gasteiger partial charge in [0.1, 0.15) is 11.2 Å². The highest BCUT2D eigenvalue weighted by Crippen LogP contribution is 2.45. The van der Waals surface area contributed by atoms with Gasteiger partial charge >= 0.3 is 0 Å². The van der Waals surface area contributed by atoms with Crippen LogP contribution < -0.4 is 0 Å². The first-order valence-corrected chi connectivity index (χ1v) is 17.5. The standard InChI is InChI=1S/C47H30N4O/c48-29-30-12-11-17-33(24-30)34-25-35(41-28-40(31-13-3-1-4-14-31)49-47(50-41)32-15-5-2-6-16-32)27-36(26-34)51-42-20-9-7-18-37(42)38-22-23-44-45(46(38)51)39-19-8-10-21-43(39)52-44/h1-25,27-28,36H,26H2. The molecule has 0 spiro atoms. The molecule has 0 bridgehead atoms. The Labute approximate surface area is 300 Å². The molecule has 6 aromatic carbocycles. The summed E-state index contributed by atoms with van der Waals surface area (Å²) < 4.78 is 8.92. The monoisotopic (exact) mass is 666 g/mol. The molecular formula is C47H30N4O. The Hall–Kier alpha value is -7.03. The van der Waals surface area contributed by atoms with Gasteiger partial charge in [0, 0.05) is 32.8 Å². The lowest BCUT2D eigenvalue weighted by atomic mass is 9.88. The van der Waals surface area contributed by atoms with Crippen LogP contribution in [-0.2, 0) is 0 Å². The number of allylic oxidation sites excluding steroid dienone is 4. The van der Waals surface area contributed by atoms with Gasteiger partial charge in [-0.05, 0) is 71.7 Å². The first kappa shape index (κ1) is 29.8. The van der Waals surface area contributed by atoms with E-state index in [0.717, 1.165) is 78.6 Å². The molecule has 9 aromatic rings. The smallest absolute Gasteiger partial charge is 0.160 e. The number of hydrogen-bond donors (Lipinski definition) is 0. The van der Waals surface area contributed by atoms with Gasteiger partial charge in [-0.15, -0.1) is 0 Å². The molecule has 3 aromatic heterocycles. The van der Waals surface area contributed by atoms with Crippen molar-refractivity contribution in [3.05, 3.63) is 181 Å². The summed E-state index contributed by atoms with van der Waals surface area (Å²) in [7, 11) is 0. The number of nitriles is 1. The molecule has 52 heavy (non-hydrogen) atoms. The van der Waals surface area contributed by atoms with Gasteiger partial charge in [-0.3, -0.25) is 0 Å². The molecule has 10 rings (SSSR count). The van der Waals surface area contributed by atoms with Gasteiger partial charge in [0.05, 0.1) is 40.0 Å². The number of nitrogens with zero attached hydrogens (tertiary/aromatic N) is 4. The Morgan fingerprint density at radius 2 is 1.33 bits per heavy atom. The van der Waals surface area contributed by atoms with Crippen molar-refractivity contribution in [2.75, 3.05) is 0 Å². The van der Waals surface area contributed by atoms with E-state index in [1.54, 1.807) is 0 Å². The molecule has 244 valence electrons. The fraction of sp³-hybridized carbons (Fsp3) is 0.0426. The van der Waals surface area contributed by atoms with Crippen LogP contribution in [0.15, 0.2) is 168 Å². The largest absolute Gasteiger partial charge is 0.456 e. The first-order chi connectivity index (χ1) is 25.7. The van der Waals surface area contributed by atoms with Crippen LogP contribution in [0.1, 0.15) is 29.3 Å². The van der Waals surface area contributed by atoms with Crippen LogP contribution in [0.2, 0.25) is 0 Å². The van der Waals surface area contributed by atoms with E-state index >= 15 is 0 Å². The summed E-state index contributed by atoms with van der Waals surface area (Å²) in [5.74, 6) is 0.671. The van der Waals surface area contributed by atoms with Gasteiger partial charge in [-0.25, -0.2) is 9.97 Å². The van der Waals surface area contributed by atoms with Crippen LogP contribution in [-0.4, -0.2) is 14.5 Å². The van der Waals surface area contributed by atoms with Gasteiger partial charge in [-0.2, -0.15) is 5.26 Å². The van der Waals surface area contributed by atoms with Crippen LogP contribution >= 0.6 is 0 Å². The van der Waals surface area contributed by atoms with Crippen molar-refractivity contribution in [2.45, 2.75) is 12.5 Å². The third-order valence-corrected chi connectivity index (χ3v) is 10.2. The molecule has 5 heteroatoms. The number of rotatable bonds is 5. The number of fused-ring (bicyclic) bond motifs is 7. The maximum Gasteiger partial charge on any atom is 0.160 e. The van der Waals surface area contributed by atoms with Crippen molar-refractivity contribution in [2.24, 2.45) is 0 Å². The molecule has 5 nitrogen and oxygen atoms in total. The Kier molecular flexibility index (Phi) is 6.94. The molecule has 1 aliphatic rings. The number of para-hydroxylation sites is 2. The number of benzene rings is 6. The quantitative estimate of drug-likeness (QED) is 0.183. The fourth-order valence-corrected chi connectivity index (χ4v) is 7.81. The van der Waals surface area contributed by atoms with Crippen LogP contribution in [0.3, 0.4) is 0 Å². The van der Waals surface area contributed by atoms with E-state index in [-0.39, 0.29) is 6.04 Å². The summed E-state index contributed by atoms with van der Waals surface area (Å²) in [5.41, 5.74) is 11.5. The molecule has 1 atom stereocenters. The van der Waals surface area contributed by atoms with Crippen LogP contribution in [0.25, 0.3) is 77.5 Å².